The summed E-state index contributed by atoms with van der Waals surface area (Å²) in [6.45, 7) is 7.62. The Bertz CT molecular complexity index is 501. The summed E-state index contributed by atoms with van der Waals surface area (Å²) in [4.78, 5) is 23.1. The van der Waals surface area contributed by atoms with E-state index >= 15 is 0 Å². The van der Waals surface area contributed by atoms with E-state index in [0.717, 1.165) is 36.9 Å². The van der Waals surface area contributed by atoms with E-state index in [1.807, 2.05) is 33.1 Å². The maximum absolute atomic E-state index is 12.1. The van der Waals surface area contributed by atoms with Crippen molar-refractivity contribution in [1.82, 2.24) is 15.3 Å². The summed E-state index contributed by atoms with van der Waals surface area (Å²) in [5, 5.41) is 3.94. The Labute approximate surface area is 130 Å². The molecule has 0 radical (unpaired) electrons. The SMILES string of the molecule is CSc1nccc(N2CCCC(NC(=O)C(C)(C)C)C2)n1. The van der Waals surface area contributed by atoms with Gasteiger partial charge in [0.05, 0.1) is 0 Å². The van der Waals surface area contributed by atoms with Gasteiger partial charge in [-0.15, -0.1) is 0 Å². The van der Waals surface area contributed by atoms with Crippen molar-refractivity contribution in [3.63, 3.8) is 0 Å². The molecule has 1 aliphatic rings. The first kappa shape index (κ1) is 16.1. The van der Waals surface area contributed by atoms with Crippen molar-refractivity contribution < 1.29 is 4.79 Å². The van der Waals surface area contributed by atoms with Gasteiger partial charge in [-0.3, -0.25) is 4.79 Å². The molecule has 1 amide bonds. The van der Waals surface area contributed by atoms with Crippen molar-refractivity contribution in [2.24, 2.45) is 5.41 Å². The van der Waals surface area contributed by atoms with Crippen LogP contribution in [0, 0.1) is 5.41 Å². The number of amides is 1. The molecule has 0 saturated carbocycles. The van der Waals surface area contributed by atoms with Crippen molar-refractivity contribution in [2.45, 2.75) is 44.8 Å². The first-order chi connectivity index (χ1) is 9.90. The third-order valence-corrected chi connectivity index (χ3v) is 4.12. The Morgan fingerprint density at radius 3 is 2.90 bits per heavy atom. The lowest BCUT2D eigenvalue weighted by atomic mass is 9.94. The van der Waals surface area contributed by atoms with Gasteiger partial charge >= 0.3 is 0 Å². The Morgan fingerprint density at radius 2 is 2.24 bits per heavy atom. The smallest absolute Gasteiger partial charge is 0.225 e. The average Bonchev–Trinajstić information content (AvgIpc) is 2.46. The summed E-state index contributed by atoms with van der Waals surface area (Å²) in [6.07, 6.45) is 5.86. The lowest BCUT2D eigenvalue weighted by molar-refractivity contribution is -0.129. The van der Waals surface area contributed by atoms with Crippen LogP contribution < -0.4 is 10.2 Å². The molecular formula is C15H24N4OS. The molecule has 0 spiro atoms. The lowest BCUT2D eigenvalue weighted by Gasteiger charge is -2.35. The first-order valence-corrected chi connectivity index (χ1v) is 8.55. The highest BCUT2D eigenvalue weighted by Gasteiger charge is 2.27. The molecule has 1 saturated heterocycles. The van der Waals surface area contributed by atoms with Crippen LogP contribution in [0.3, 0.4) is 0 Å². The Hall–Kier alpha value is -1.30. The van der Waals surface area contributed by atoms with Gasteiger partial charge in [0.25, 0.3) is 0 Å². The number of thioether (sulfide) groups is 1. The molecule has 0 aliphatic carbocycles. The van der Waals surface area contributed by atoms with Crippen LogP contribution in [0.2, 0.25) is 0 Å². The van der Waals surface area contributed by atoms with Gasteiger partial charge in [0.15, 0.2) is 5.16 Å². The van der Waals surface area contributed by atoms with Crippen molar-refractivity contribution in [1.29, 1.82) is 0 Å². The molecule has 1 aromatic heterocycles. The van der Waals surface area contributed by atoms with E-state index in [9.17, 15) is 4.79 Å². The summed E-state index contributed by atoms with van der Waals surface area (Å²) in [7, 11) is 0. The van der Waals surface area contributed by atoms with E-state index in [0.29, 0.717) is 0 Å². The normalized spacial score (nSPS) is 19.4. The zero-order valence-electron chi connectivity index (χ0n) is 13.2. The number of aromatic nitrogens is 2. The van der Waals surface area contributed by atoms with Crippen LogP contribution >= 0.6 is 11.8 Å². The third-order valence-electron chi connectivity index (χ3n) is 3.56. The van der Waals surface area contributed by atoms with Gasteiger partial charge in [0.1, 0.15) is 5.82 Å². The number of nitrogens with zero attached hydrogens (tertiary/aromatic N) is 3. The predicted octanol–water partition coefficient (Wildman–Crippen LogP) is 2.33. The second kappa shape index (κ2) is 6.64. The number of carbonyl (C=O) groups excluding carboxylic acids is 1. The van der Waals surface area contributed by atoms with Crippen LogP contribution in [-0.2, 0) is 4.79 Å². The molecular weight excluding hydrogens is 284 g/mol. The van der Waals surface area contributed by atoms with Crippen LogP contribution in [0.25, 0.3) is 0 Å². The van der Waals surface area contributed by atoms with Crippen molar-refractivity contribution >= 4 is 23.5 Å². The summed E-state index contributed by atoms with van der Waals surface area (Å²) in [5.41, 5.74) is -0.344. The summed E-state index contributed by atoms with van der Waals surface area (Å²) in [6, 6.07) is 2.13. The quantitative estimate of drug-likeness (QED) is 0.686. The van der Waals surface area contributed by atoms with Crippen LogP contribution in [-0.4, -0.2) is 41.3 Å². The van der Waals surface area contributed by atoms with Gasteiger partial charge in [0.2, 0.25) is 5.91 Å². The second-order valence-corrected chi connectivity index (χ2v) is 7.18. The average molecular weight is 308 g/mol. The van der Waals surface area contributed by atoms with Crippen LogP contribution in [0.15, 0.2) is 17.4 Å². The molecule has 2 rings (SSSR count). The van der Waals surface area contributed by atoms with E-state index in [2.05, 4.69) is 20.2 Å². The molecule has 0 bridgehead atoms. The zero-order valence-corrected chi connectivity index (χ0v) is 14.0. The number of rotatable bonds is 3. The molecule has 116 valence electrons. The molecule has 1 unspecified atom stereocenters. The highest BCUT2D eigenvalue weighted by Crippen LogP contribution is 2.21. The molecule has 1 fully saturated rings. The van der Waals surface area contributed by atoms with Crippen LogP contribution in [0.5, 0.6) is 0 Å². The van der Waals surface area contributed by atoms with Gasteiger partial charge < -0.3 is 10.2 Å². The van der Waals surface area contributed by atoms with Gasteiger partial charge in [-0.25, -0.2) is 9.97 Å². The number of anilines is 1. The van der Waals surface area contributed by atoms with Gasteiger partial charge in [-0.1, -0.05) is 32.5 Å². The van der Waals surface area contributed by atoms with E-state index in [1.165, 1.54) is 0 Å². The second-order valence-electron chi connectivity index (χ2n) is 6.41. The fraction of sp³-hybridized carbons (Fsp3) is 0.667. The summed E-state index contributed by atoms with van der Waals surface area (Å²) < 4.78 is 0. The molecule has 1 N–H and O–H groups in total. The zero-order chi connectivity index (χ0) is 15.5. The number of nitrogens with one attached hydrogen (secondary N) is 1. The van der Waals surface area contributed by atoms with Crippen LogP contribution in [0.1, 0.15) is 33.6 Å². The molecule has 2 heterocycles. The summed E-state index contributed by atoms with van der Waals surface area (Å²) in [5.74, 6) is 1.06. The first-order valence-electron chi connectivity index (χ1n) is 7.33. The number of hydrogen-bond donors (Lipinski definition) is 1. The van der Waals surface area contributed by atoms with Crippen molar-refractivity contribution in [3.05, 3.63) is 12.3 Å². The Kier molecular flexibility index (Phi) is 5.08. The lowest BCUT2D eigenvalue weighted by Crippen LogP contribution is -2.50. The molecule has 1 aromatic rings. The standard InChI is InChI=1S/C15H24N4OS/c1-15(2,3)13(20)17-11-6-5-9-19(10-11)12-7-8-16-14(18-12)21-4/h7-8,11H,5-6,9-10H2,1-4H3,(H,17,20). The Balaban J connectivity index is 2.02. The molecule has 5 nitrogen and oxygen atoms in total. The number of hydrogen-bond acceptors (Lipinski definition) is 5. The van der Waals surface area contributed by atoms with E-state index in [-0.39, 0.29) is 17.4 Å². The van der Waals surface area contributed by atoms with E-state index in [1.54, 1.807) is 18.0 Å². The van der Waals surface area contributed by atoms with Crippen molar-refractivity contribution in [3.8, 4) is 0 Å². The fourth-order valence-corrected chi connectivity index (χ4v) is 2.66. The van der Waals surface area contributed by atoms with E-state index < -0.39 is 0 Å². The topological polar surface area (TPSA) is 58.1 Å². The highest BCUT2D eigenvalue weighted by molar-refractivity contribution is 7.98. The minimum absolute atomic E-state index is 0.113. The van der Waals surface area contributed by atoms with Crippen molar-refractivity contribution in [2.75, 3.05) is 24.2 Å². The van der Waals surface area contributed by atoms with Gasteiger partial charge in [-0.2, -0.15) is 0 Å². The summed E-state index contributed by atoms with van der Waals surface area (Å²) >= 11 is 1.54. The highest BCUT2D eigenvalue weighted by atomic mass is 32.2. The maximum atomic E-state index is 12.1. The molecule has 1 atom stereocenters. The fourth-order valence-electron chi connectivity index (χ4n) is 2.31. The predicted molar refractivity (Wildman–Crippen MR) is 86.6 cm³/mol. The monoisotopic (exact) mass is 308 g/mol. The molecule has 1 aliphatic heterocycles. The minimum Gasteiger partial charge on any atom is -0.354 e. The van der Waals surface area contributed by atoms with Crippen LogP contribution in [0.4, 0.5) is 5.82 Å². The van der Waals surface area contributed by atoms with Gasteiger partial charge in [0, 0.05) is 30.7 Å². The molecule has 0 aromatic carbocycles. The largest absolute Gasteiger partial charge is 0.354 e. The molecule has 21 heavy (non-hydrogen) atoms. The Morgan fingerprint density at radius 1 is 1.48 bits per heavy atom. The number of piperidine rings is 1. The minimum atomic E-state index is -0.344. The number of carbonyl (C=O) groups is 1. The van der Waals surface area contributed by atoms with Gasteiger partial charge in [-0.05, 0) is 25.2 Å². The third kappa shape index (κ3) is 4.33. The maximum Gasteiger partial charge on any atom is 0.225 e. The molecule has 6 heteroatoms. The van der Waals surface area contributed by atoms with E-state index in [4.69, 9.17) is 0 Å².